The van der Waals surface area contributed by atoms with Crippen LogP contribution in [-0.4, -0.2) is 14.8 Å². The van der Waals surface area contributed by atoms with Crippen molar-refractivity contribution >= 4 is 0 Å². The topological polar surface area (TPSA) is 30.7 Å². The molecule has 0 bridgehead atoms. The van der Waals surface area contributed by atoms with Gasteiger partial charge in [-0.05, 0) is 26.0 Å². The number of nitrogens with zero attached hydrogens (tertiary/aromatic N) is 3. The van der Waals surface area contributed by atoms with Gasteiger partial charge in [0, 0.05) is 5.56 Å². The van der Waals surface area contributed by atoms with Gasteiger partial charge in [0.2, 0.25) is 0 Å². The van der Waals surface area contributed by atoms with Crippen molar-refractivity contribution < 1.29 is 0 Å². The smallest absolute Gasteiger partial charge is 0.163 e. The van der Waals surface area contributed by atoms with Crippen LogP contribution in [0.3, 0.4) is 0 Å². The van der Waals surface area contributed by atoms with Gasteiger partial charge in [-0.25, -0.2) is 9.67 Å². The summed E-state index contributed by atoms with van der Waals surface area (Å²) in [6.45, 7) is 3.99. The number of para-hydroxylation sites is 1. The standard InChI is InChI=1S/C16H15N3/c1-12-8-10-14(11-9-12)16-17-13(2)18-19(16)15-6-4-3-5-7-15/h3-11H,1-2H3. The van der Waals surface area contributed by atoms with E-state index < -0.39 is 0 Å². The summed E-state index contributed by atoms with van der Waals surface area (Å²) < 4.78 is 1.89. The molecule has 0 radical (unpaired) electrons. The van der Waals surface area contributed by atoms with Crippen molar-refractivity contribution in [3.05, 3.63) is 66.0 Å². The highest BCUT2D eigenvalue weighted by atomic mass is 15.3. The van der Waals surface area contributed by atoms with E-state index in [-0.39, 0.29) is 0 Å². The van der Waals surface area contributed by atoms with Crippen molar-refractivity contribution in [1.82, 2.24) is 14.8 Å². The second-order valence-corrected chi connectivity index (χ2v) is 4.60. The van der Waals surface area contributed by atoms with Gasteiger partial charge in [0.25, 0.3) is 0 Å². The zero-order valence-corrected chi connectivity index (χ0v) is 11.0. The molecule has 1 heterocycles. The Morgan fingerprint density at radius 2 is 1.53 bits per heavy atom. The van der Waals surface area contributed by atoms with Gasteiger partial charge in [-0.1, -0.05) is 48.0 Å². The van der Waals surface area contributed by atoms with E-state index in [0.717, 1.165) is 22.9 Å². The molecule has 3 rings (SSSR count). The van der Waals surface area contributed by atoms with Crippen LogP contribution in [0.1, 0.15) is 11.4 Å². The molecule has 3 aromatic rings. The van der Waals surface area contributed by atoms with Crippen LogP contribution in [0.25, 0.3) is 17.1 Å². The fraction of sp³-hybridized carbons (Fsp3) is 0.125. The lowest BCUT2D eigenvalue weighted by molar-refractivity contribution is 0.869. The number of hydrogen-bond acceptors (Lipinski definition) is 2. The van der Waals surface area contributed by atoms with Crippen LogP contribution >= 0.6 is 0 Å². The van der Waals surface area contributed by atoms with Crippen molar-refractivity contribution in [3.63, 3.8) is 0 Å². The normalized spacial score (nSPS) is 10.6. The zero-order chi connectivity index (χ0) is 13.2. The van der Waals surface area contributed by atoms with E-state index in [1.165, 1.54) is 5.56 Å². The van der Waals surface area contributed by atoms with E-state index >= 15 is 0 Å². The van der Waals surface area contributed by atoms with Gasteiger partial charge in [-0.3, -0.25) is 0 Å². The van der Waals surface area contributed by atoms with Gasteiger partial charge in [0.1, 0.15) is 5.82 Å². The molecule has 0 saturated carbocycles. The van der Waals surface area contributed by atoms with Crippen LogP contribution in [0, 0.1) is 13.8 Å². The zero-order valence-electron chi connectivity index (χ0n) is 11.0. The summed E-state index contributed by atoms with van der Waals surface area (Å²) in [6, 6.07) is 18.4. The molecule has 3 heteroatoms. The van der Waals surface area contributed by atoms with E-state index in [1.54, 1.807) is 0 Å². The largest absolute Gasteiger partial charge is 0.213 e. The van der Waals surface area contributed by atoms with Crippen molar-refractivity contribution in [2.24, 2.45) is 0 Å². The molecule has 0 unspecified atom stereocenters. The quantitative estimate of drug-likeness (QED) is 0.695. The fourth-order valence-electron chi connectivity index (χ4n) is 2.05. The first-order chi connectivity index (χ1) is 9.24. The first-order valence-electron chi connectivity index (χ1n) is 6.30. The third-order valence-corrected chi connectivity index (χ3v) is 3.02. The van der Waals surface area contributed by atoms with Crippen molar-refractivity contribution in [3.8, 4) is 17.1 Å². The molecule has 0 fully saturated rings. The van der Waals surface area contributed by atoms with E-state index in [2.05, 4.69) is 41.3 Å². The van der Waals surface area contributed by atoms with Gasteiger partial charge in [0.05, 0.1) is 5.69 Å². The average Bonchev–Trinajstić information content (AvgIpc) is 2.83. The third-order valence-electron chi connectivity index (χ3n) is 3.02. The van der Waals surface area contributed by atoms with Crippen LogP contribution in [0.2, 0.25) is 0 Å². The minimum Gasteiger partial charge on any atom is -0.213 e. The summed E-state index contributed by atoms with van der Waals surface area (Å²) >= 11 is 0. The maximum Gasteiger partial charge on any atom is 0.163 e. The van der Waals surface area contributed by atoms with Gasteiger partial charge in [-0.15, -0.1) is 0 Å². The molecule has 0 N–H and O–H groups in total. The molecule has 0 spiro atoms. The summed E-state index contributed by atoms with van der Waals surface area (Å²) in [7, 11) is 0. The fourth-order valence-corrected chi connectivity index (χ4v) is 2.05. The van der Waals surface area contributed by atoms with Crippen LogP contribution in [-0.2, 0) is 0 Å². The van der Waals surface area contributed by atoms with Crippen LogP contribution < -0.4 is 0 Å². The van der Waals surface area contributed by atoms with Gasteiger partial charge in [0.15, 0.2) is 5.82 Å². The highest BCUT2D eigenvalue weighted by Gasteiger charge is 2.10. The molecule has 2 aromatic carbocycles. The Kier molecular flexibility index (Phi) is 2.88. The predicted molar refractivity (Wildman–Crippen MR) is 76.3 cm³/mol. The summed E-state index contributed by atoms with van der Waals surface area (Å²) in [5.74, 6) is 1.66. The van der Waals surface area contributed by atoms with Crippen molar-refractivity contribution in [1.29, 1.82) is 0 Å². The number of aromatic nitrogens is 3. The summed E-state index contributed by atoms with van der Waals surface area (Å²) in [6.07, 6.45) is 0. The molecule has 0 aliphatic rings. The molecular formula is C16H15N3. The minimum atomic E-state index is 0.777. The monoisotopic (exact) mass is 249 g/mol. The minimum absolute atomic E-state index is 0.777. The molecule has 3 nitrogen and oxygen atoms in total. The predicted octanol–water partition coefficient (Wildman–Crippen LogP) is 3.55. The first kappa shape index (κ1) is 11.7. The molecule has 0 aliphatic heterocycles. The average molecular weight is 249 g/mol. The molecule has 19 heavy (non-hydrogen) atoms. The summed E-state index contributed by atoms with van der Waals surface area (Å²) in [5.41, 5.74) is 3.35. The van der Waals surface area contributed by atoms with E-state index in [0.29, 0.717) is 0 Å². The maximum absolute atomic E-state index is 4.54. The van der Waals surface area contributed by atoms with Gasteiger partial charge < -0.3 is 0 Å². The van der Waals surface area contributed by atoms with Crippen LogP contribution in [0.5, 0.6) is 0 Å². The Balaban J connectivity index is 2.15. The number of benzene rings is 2. The second-order valence-electron chi connectivity index (χ2n) is 4.60. The van der Waals surface area contributed by atoms with E-state index in [9.17, 15) is 0 Å². The SMILES string of the molecule is Cc1ccc(-c2nc(C)nn2-c2ccccc2)cc1. The molecule has 94 valence electrons. The van der Waals surface area contributed by atoms with E-state index in [4.69, 9.17) is 0 Å². The Bertz CT molecular complexity index is 682. The Hall–Kier alpha value is -2.42. The molecule has 0 saturated heterocycles. The molecule has 0 amide bonds. The lowest BCUT2D eigenvalue weighted by Crippen LogP contribution is -1.99. The molecule has 1 aromatic heterocycles. The Morgan fingerprint density at radius 1 is 0.842 bits per heavy atom. The number of aryl methyl sites for hydroxylation is 2. The van der Waals surface area contributed by atoms with Crippen LogP contribution in [0.4, 0.5) is 0 Å². The number of hydrogen-bond donors (Lipinski definition) is 0. The highest BCUT2D eigenvalue weighted by molar-refractivity contribution is 5.58. The lowest BCUT2D eigenvalue weighted by atomic mass is 10.1. The Labute approximate surface area is 112 Å². The lowest BCUT2D eigenvalue weighted by Gasteiger charge is -2.05. The summed E-state index contributed by atoms with van der Waals surface area (Å²) in [5, 5.41) is 4.49. The Morgan fingerprint density at radius 3 is 2.21 bits per heavy atom. The molecular weight excluding hydrogens is 234 g/mol. The van der Waals surface area contributed by atoms with E-state index in [1.807, 2.05) is 41.9 Å². The first-order valence-corrected chi connectivity index (χ1v) is 6.30. The summed E-state index contributed by atoms with van der Waals surface area (Å²) in [4.78, 5) is 4.54. The van der Waals surface area contributed by atoms with Crippen molar-refractivity contribution in [2.45, 2.75) is 13.8 Å². The van der Waals surface area contributed by atoms with Crippen molar-refractivity contribution in [2.75, 3.05) is 0 Å². The third kappa shape index (κ3) is 2.27. The van der Waals surface area contributed by atoms with Gasteiger partial charge in [-0.2, -0.15) is 5.10 Å². The highest BCUT2D eigenvalue weighted by Crippen LogP contribution is 2.21. The van der Waals surface area contributed by atoms with Gasteiger partial charge >= 0.3 is 0 Å². The second kappa shape index (κ2) is 4.69. The molecule has 0 atom stereocenters. The maximum atomic E-state index is 4.54. The number of rotatable bonds is 2. The van der Waals surface area contributed by atoms with Crippen LogP contribution in [0.15, 0.2) is 54.6 Å². The molecule has 0 aliphatic carbocycles.